The van der Waals surface area contributed by atoms with E-state index in [9.17, 15) is 15.0 Å². The van der Waals surface area contributed by atoms with Gasteiger partial charge < -0.3 is 15.1 Å². The molecule has 1 aliphatic rings. The van der Waals surface area contributed by atoms with Crippen molar-refractivity contribution in [3.63, 3.8) is 0 Å². The van der Waals surface area contributed by atoms with Gasteiger partial charge in [-0.15, -0.1) is 11.3 Å². The standard InChI is InChI=1S/C22H20ClNO3S/c1-13-3-5-15(12-16(13)19-7-8-20(23)28-19)24(2)21(27)22(9-10-22)14-4-6-17(25)18(26)11-14/h3-8,11-12,25-26H,9-10H2,1-2H3. The minimum Gasteiger partial charge on any atom is -0.504 e. The SMILES string of the molecule is Cc1ccc(N(C)C(=O)C2(c3ccc(O)c(O)c3)CC2)cc1-c1ccc(Cl)s1. The molecule has 3 aromatic rings. The molecule has 1 saturated carbocycles. The van der Waals surface area contributed by atoms with E-state index in [1.54, 1.807) is 18.0 Å². The molecule has 1 aromatic heterocycles. The highest BCUT2D eigenvalue weighted by Gasteiger charge is 2.53. The van der Waals surface area contributed by atoms with Crippen LogP contribution in [0.4, 0.5) is 5.69 Å². The summed E-state index contributed by atoms with van der Waals surface area (Å²) in [7, 11) is 1.78. The molecule has 0 spiro atoms. The molecule has 28 heavy (non-hydrogen) atoms. The Balaban J connectivity index is 1.67. The molecule has 1 amide bonds. The maximum absolute atomic E-state index is 13.3. The third-order valence-electron chi connectivity index (χ3n) is 5.44. The van der Waals surface area contributed by atoms with Gasteiger partial charge in [-0.3, -0.25) is 4.79 Å². The van der Waals surface area contributed by atoms with Crippen LogP contribution in [0.1, 0.15) is 24.0 Å². The van der Waals surface area contributed by atoms with E-state index in [0.717, 1.165) is 44.4 Å². The number of halogens is 1. The number of carbonyl (C=O) groups excluding carboxylic acids is 1. The van der Waals surface area contributed by atoms with Crippen LogP contribution >= 0.6 is 22.9 Å². The number of hydrogen-bond acceptors (Lipinski definition) is 4. The van der Waals surface area contributed by atoms with Gasteiger partial charge in [-0.25, -0.2) is 0 Å². The smallest absolute Gasteiger partial charge is 0.237 e. The number of phenols is 2. The number of benzene rings is 2. The van der Waals surface area contributed by atoms with Crippen molar-refractivity contribution in [2.75, 3.05) is 11.9 Å². The minimum atomic E-state index is -0.642. The Hall–Kier alpha value is -2.50. The van der Waals surface area contributed by atoms with Crippen LogP contribution in [0.15, 0.2) is 48.5 Å². The van der Waals surface area contributed by atoms with Gasteiger partial charge in [-0.2, -0.15) is 0 Å². The molecule has 1 heterocycles. The summed E-state index contributed by atoms with van der Waals surface area (Å²) in [5.41, 5.74) is 3.08. The summed E-state index contributed by atoms with van der Waals surface area (Å²) in [6.07, 6.45) is 1.44. The largest absolute Gasteiger partial charge is 0.504 e. The molecular weight excluding hydrogens is 394 g/mol. The Morgan fingerprint density at radius 3 is 2.43 bits per heavy atom. The van der Waals surface area contributed by atoms with Gasteiger partial charge in [0.1, 0.15) is 0 Å². The van der Waals surface area contributed by atoms with Crippen LogP contribution in [0.5, 0.6) is 11.5 Å². The van der Waals surface area contributed by atoms with Crippen LogP contribution in [0.2, 0.25) is 4.34 Å². The molecule has 1 fully saturated rings. The summed E-state index contributed by atoms with van der Waals surface area (Å²) in [6.45, 7) is 2.04. The van der Waals surface area contributed by atoms with Gasteiger partial charge >= 0.3 is 0 Å². The first-order valence-corrected chi connectivity index (χ1v) is 10.2. The Kier molecular flexibility index (Phi) is 4.60. The molecule has 4 nitrogen and oxygen atoms in total. The second-order valence-corrected chi connectivity index (χ2v) is 8.97. The molecule has 2 N–H and O–H groups in total. The highest BCUT2D eigenvalue weighted by molar-refractivity contribution is 7.19. The highest BCUT2D eigenvalue weighted by Crippen LogP contribution is 2.51. The quantitative estimate of drug-likeness (QED) is 0.556. The molecule has 2 aromatic carbocycles. The van der Waals surface area contributed by atoms with Crippen LogP contribution in [0, 0.1) is 6.92 Å². The Labute approximate surface area is 172 Å². The lowest BCUT2D eigenvalue weighted by Crippen LogP contribution is -2.36. The molecule has 0 aliphatic heterocycles. The fourth-order valence-corrected chi connectivity index (χ4v) is 4.68. The summed E-state index contributed by atoms with van der Waals surface area (Å²) < 4.78 is 0.730. The molecule has 144 valence electrons. The van der Waals surface area contributed by atoms with Crippen molar-refractivity contribution < 1.29 is 15.0 Å². The van der Waals surface area contributed by atoms with Gasteiger partial charge in [0, 0.05) is 17.6 Å². The van der Waals surface area contributed by atoms with E-state index in [-0.39, 0.29) is 17.4 Å². The topological polar surface area (TPSA) is 60.8 Å². The molecule has 0 saturated heterocycles. The predicted molar refractivity (Wildman–Crippen MR) is 114 cm³/mol. The van der Waals surface area contributed by atoms with Gasteiger partial charge in [0.05, 0.1) is 9.75 Å². The van der Waals surface area contributed by atoms with E-state index >= 15 is 0 Å². The number of amides is 1. The fourth-order valence-electron chi connectivity index (χ4n) is 3.55. The lowest BCUT2D eigenvalue weighted by atomic mass is 9.93. The zero-order chi connectivity index (χ0) is 20.1. The first-order valence-electron chi connectivity index (χ1n) is 8.99. The third-order valence-corrected chi connectivity index (χ3v) is 6.70. The third kappa shape index (κ3) is 3.15. The van der Waals surface area contributed by atoms with Crippen molar-refractivity contribution in [2.45, 2.75) is 25.2 Å². The van der Waals surface area contributed by atoms with Gasteiger partial charge in [0.15, 0.2) is 11.5 Å². The zero-order valence-electron chi connectivity index (χ0n) is 15.6. The monoisotopic (exact) mass is 413 g/mol. The zero-order valence-corrected chi connectivity index (χ0v) is 17.1. The van der Waals surface area contributed by atoms with E-state index in [0.29, 0.717) is 0 Å². The van der Waals surface area contributed by atoms with Gasteiger partial charge in [0.25, 0.3) is 0 Å². The van der Waals surface area contributed by atoms with Gasteiger partial charge in [-0.05, 0) is 72.9 Å². The first-order chi connectivity index (χ1) is 13.3. The number of aromatic hydroxyl groups is 2. The lowest BCUT2D eigenvalue weighted by molar-refractivity contribution is -0.120. The molecule has 0 atom stereocenters. The normalized spacial score (nSPS) is 14.7. The van der Waals surface area contributed by atoms with Gasteiger partial charge in [0.2, 0.25) is 5.91 Å². The molecule has 6 heteroatoms. The molecule has 4 rings (SSSR count). The van der Waals surface area contributed by atoms with Crippen molar-refractivity contribution in [1.82, 2.24) is 0 Å². The number of carbonyl (C=O) groups is 1. The maximum atomic E-state index is 13.3. The van der Waals surface area contributed by atoms with Crippen molar-refractivity contribution in [3.8, 4) is 21.9 Å². The number of aryl methyl sites for hydroxylation is 1. The first kappa shape index (κ1) is 18.8. The molecular formula is C22H20ClNO3S. The van der Waals surface area contributed by atoms with Gasteiger partial charge in [-0.1, -0.05) is 23.7 Å². The fraction of sp³-hybridized carbons (Fsp3) is 0.227. The van der Waals surface area contributed by atoms with Crippen molar-refractivity contribution in [1.29, 1.82) is 0 Å². The van der Waals surface area contributed by atoms with E-state index in [4.69, 9.17) is 11.6 Å². The van der Waals surface area contributed by atoms with Crippen LogP contribution in [0.25, 0.3) is 10.4 Å². The average molecular weight is 414 g/mol. The van der Waals surface area contributed by atoms with Crippen LogP contribution in [0.3, 0.4) is 0 Å². The summed E-state index contributed by atoms with van der Waals surface area (Å²) in [5.74, 6) is -0.402. The van der Waals surface area contributed by atoms with Crippen molar-refractivity contribution in [3.05, 3.63) is 64.0 Å². The molecule has 0 radical (unpaired) electrons. The number of rotatable bonds is 4. The predicted octanol–water partition coefficient (Wildman–Crippen LogP) is 5.48. The highest BCUT2D eigenvalue weighted by atomic mass is 35.5. The Bertz CT molecular complexity index is 1070. The van der Waals surface area contributed by atoms with Crippen molar-refractivity contribution >= 4 is 34.5 Å². The maximum Gasteiger partial charge on any atom is 0.237 e. The summed E-state index contributed by atoms with van der Waals surface area (Å²) in [6, 6.07) is 14.5. The Morgan fingerprint density at radius 2 is 1.82 bits per heavy atom. The van der Waals surface area contributed by atoms with Crippen LogP contribution in [-0.2, 0) is 10.2 Å². The van der Waals surface area contributed by atoms with E-state index in [1.807, 2.05) is 37.3 Å². The number of anilines is 1. The van der Waals surface area contributed by atoms with E-state index in [1.165, 1.54) is 23.5 Å². The number of thiophene rings is 1. The average Bonchev–Trinajstić information content (AvgIpc) is 3.38. The van der Waals surface area contributed by atoms with Crippen molar-refractivity contribution in [2.24, 2.45) is 0 Å². The second-order valence-electron chi connectivity index (χ2n) is 7.25. The second kappa shape index (κ2) is 6.83. The summed E-state index contributed by atoms with van der Waals surface area (Å²) in [4.78, 5) is 16.1. The molecule has 0 unspecified atom stereocenters. The van der Waals surface area contributed by atoms with E-state index in [2.05, 4.69) is 0 Å². The summed E-state index contributed by atoms with van der Waals surface area (Å²) in [5, 5.41) is 19.4. The summed E-state index contributed by atoms with van der Waals surface area (Å²) >= 11 is 7.60. The number of phenolic OH excluding ortho intramolecular Hbond substituents is 2. The number of likely N-dealkylation sites (N-methyl/N-ethyl adjacent to an activating group) is 1. The van der Waals surface area contributed by atoms with Crippen LogP contribution in [-0.4, -0.2) is 23.2 Å². The minimum absolute atomic E-state index is 0.0170. The molecule has 0 bridgehead atoms. The number of hydrogen-bond donors (Lipinski definition) is 2. The molecule has 1 aliphatic carbocycles. The number of nitrogens with zero attached hydrogens (tertiary/aromatic N) is 1. The Morgan fingerprint density at radius 1 is 1.07 bits per heavy atom. The van der Waals surface area contributed by atoms with E-state index < -0.39 is 5.41 Å². The van der Waals surface area contributed by atoms with Crippen LogP contribution < -0.4 is 4.90 Å². The lowest BCUT2D eigenvalue weighted by Gasteiger charge is -2.25.